The molecule has 1 aromatic carbocycles. The van der Waals surface area contributed by atoms with E-state index in [9.17, 15) is 9.18 Å². The molecule has 1 unspecified atom stereocenters. The molecule has 2 aliphatic rings. The van der Waals surface area contributed by atoms with Crippen molar-refractivity contribution in [3.63, 3.8) is 0 Å². The topological polar surface area (TPSA) is 47.0 Å². The SMILES string of the molecule is CCOC(=O)Cc1[nH]c(=S)n2c1C1C[C@]1(c1cc(Cl)ccc1F)C2. The van der Waals surface area contributed by atoms with E-state index in [-0.39, 0.29) is 29.5 Å². The lowest BCUT2D eigenvalue weighted by Gasteiger charge is -2.14. The number of aromatic amines is 1. The number of aromatic nitrogens is 2. The normalized spacial score (nSPS) is 23.7. The van der Waals surface area contributed by atoms with Gasteiger partial charge < -0.3 is 14.3 Å². The maximum atomic E-state index is 14.4. The van der Waals surface area contributed by atoms with Crippen LogP contribution in [0, 0.1) is 10.6 Å². The van der Waals surface area contributed by atoms with Gasteiger partial charge in [-0.3, -0.25) is 4.79 Å². The van der Waals surface area contributed by atoms with Crippen molar-refractivity contribution in [2.75, 3.05) is 6.61 Å². The smallest absolute Gasteiger partial charge is 0.311 e. The van der Waals surface area contributed by atoms with Gasteiger partial charge in [-0.1, -0.05) is 11.6 Å². The predicted molar refractivity (Wildman–Crippen MR) is 90.4 cm³/mol. The van der Waals surface area contributed by atoms with Gasteiger partial charge in [0.1, 0.15) is 5.82 Å². The summed E-state index contributed by atoms with van der Waals surface area (Å²) in [4.78, 5) is 14.9. The summed E-state index contributed by atoms with van der Waals surface area (Å²) in [5.74, 6) is -0.374. The third-order valence-corrected chi connectivity index (χ3v) is 5.60. The van der Waals surface area contributed by atoms with Crippen LogP contribution in [0.2, 0.25) is 5.02 Å². The zero-order chi connectivity index (χ0) is 17.1. The number of nitrogens with zero attached hydrogens (tertiary/aromatic N) is 1. The van der Waals surface area contributed by atoms with Crippen molar-refractivity contribution in [1.29, 1.82) is 0 Å². The highest BCUT2D eigenvalue weighted by atomic mass is 35.5. The zero-order valence-electron chi connectivity index (χ0n) is 13.1. The van der Waals surface area contributed by atoms with E-state index in [0.717, 1.165) is 17.8 Å². The second-order valence-corrected chi connectivity index (χ2v) is 7.22. The molecule has 0 saturated heterocycles. The highest BCUT2D eigenvalue weighted by Gasteiger charge is 2.63. The fraction of sp³-hybridized carbons (Fsp3) is 0.412. The highest BCUT2D eigenvalue weighted by Crippen LogP contribution is 2.66. The van der Waals surface area contributed by atoms with Gasteiger partial charge in [0.25, 0.3) is 0 Å². The molecule has 1 aromatic heterocycles. The first-order valence-corrected chi connectivity index (χ1v) is 8.67. The molecule has 2 heterocycles. The van der Waals surface area contributed by atoms with Gasteiger partial charge in [0, 0.05) is 34.3 Å². The molecule has 1 aliphatic carbocycles. The van der Waals surface area contributed by atoms with Crippen LogP contribution >= 0.6 is 23.8 Å². The molecular weight excluding hydrogens is 351 g/mol. The standard InChI is InChI=1S/C17H16ClFN2O2S/c1-2-23-14(22)6-13-15-11-7-17(11,8-21(15)16(24)20-13)10-5-9(18)3-4-12(10)19/h3-5,11H,2,6-8H2,1H3,(H,20,24)/t11?,17-/m1/s1. The first-order chi connectivity index (χ1) is 11.5. The van der Waals surface area contributed by atoms with Crippen molar-refractivity contribution in [2.24, 2.45) is 0 Å². The second-order valence-electron chi connectivity index (χ2n) is 6.40. The molecule has 1 fully saturated rings. The predicted octanol–water partition coefficient (Wildman–Crippen LogP) is 3.88. The van der Waals surface area contributed by atoms with Crippen LogP contribution in [0.1, 0.15) is 36.2 Å². The summed E-state index contributed by atoms with van der Waals surface area (Å²) in [6.07, 6.45) is 0.997. The van der Waals surface area contributed by atoms with E-state index < -0.39 is 0 Å². The quantitative estimate of drug-likeness (QED) is 0.659. The van der Waals surface area contributed by atoms with E-state index in [1.165, 1.54) is 6.07 Å². The van der Waals surface area contributed by atoms with E-state index in [0.29, 0.717) is 28.5 Å². The average molecular weight is 367 g/mol. The van der Waals surface area contributed by atoms with Crippen LogP contribution in [0.5, 0.6) is 0 Å². The number of benzene rings is 1. The van der Waals surface area contributed by atoms with Crippen LogP contribution in [-0.2, 0) is 27.9 Å². The van der Waals surface area contributed by atoms with Crippen LogP contribution in [0.3, 0.4) is 0 Å². The fourth-order valence-electron chi connectivity index (χ4n) is 3.96. The number of halogens is 2. The van der Waals surface area contributed by atoms with Gasteiger partial charge in [0.15, 0.2) is 4.77 Å². The van der Waals surface area contributed by atoms with Gasteiger partial charge in [-0.2, -0.15) is 0 Å². The molecule has 126 valence electrons. The molecule has 1 aliphatic heterocycles. The minimum Gasteiger partial charge on any atom is -0.466 e. The lowest BCUT2D eigenvalue weighted by atomic mass is 9.93. The van der Waals surface area contributed by atoms with Crippen molar-refractivity contribution in [2.45, 2.75) is 37.6 Å². The second kappa shape index (κ2) is 5.43. The molecule has 0 bridgehead atoms. The number of ether oxygens (including phenoxy) is 1. The Hall–Kier alpha value is -1.66. The Labute approximate surface area is 148 Å². The molecule has 4 rings (SSSR count). The molecule has 0 spiro atoms. The van der Waals surface area contributed by atoms with Crippen LogP contribution in [0.4, 0.5) is 4.39 Å². The Balaban J connectivity index is 1.71. The van der Waals surface area contributed by atoms with Gasteiger partial charge >= 0.3 is 5.97 Å². The van der Waals surface area contributed by atoms with Gasteiger partial charge in [-0.05, 0) is 49.3 Å². The summed E-state index contributed by atoms with van der Waals surface area (Å²) in [5.41, 5.74) is 2.13. The number of H-pyrrole nitrogens is 1. The van der Waals surface area contributed by atoms with E-state index in [1.54, 1.807) is 19.1 Å². The highest BCUT2D eigenvalue weighted by molar-refractivity contribution is 7.71. The first kappa shape index (κ1) is 15.8. The van der Waals surface area contributed by atoms with E-state index >= 15 is 0 Å². The number of hydrogen-bond donors (Lipinski definition) is 1. The molecule has 1 N–H and O–H groups in total. The number of imidazole rings is 1. The van der Waals surface area contributed by atoms with Crippen LogP contribution in [0.15, 0.2) is 18.2 Å². The summed E-state index contributed by atoms with van der Waals surface area (Å²) in [5, 5.41) is 0.528. The molecule has 0 radical (unpaired) electrons. The minimum absolute atomic E-state index is 0.155. The Morgan fingerprint density at radius 1 is 1.58 bits per heavy atom. The lowest BCUT2D eigenvalue weighted by Crippen LogP contribution is -2.14. The Bertz CT molecular complexity index is 906. The Morgan fingerprint density at radius 3 is 3.12 bits per heavy atom. The molecule has 4 nitrogen and oxygen atoms in total. The zero-order valence-corrected chi connectivity index (χ0v) is 14.6. The lowest BCUT2D eigenvalue weighted by molar-refractivity contribution is -0.142. The van der Waals surface area contributed by atoms with Gasteiger partial charge in [0.2, 0.25) is 0 Å². The minimum atomic E-state index is -0.295. The molecule has 2 atom stereocenters. The summed E-state index contributed by atoms with van der Waals surface area (Å²) in [6, 6.07) is 4.68. The van der Waals surface area contributed by atoms with E-state index in [1.807, 2.05) is 4.57 Å². The largest absolute Gasteiger partial charge is 0.466 e. The summed E-state index contributed by atoms with van der Waals surface area (Å²) < 4.78 is 21.9. The number of carbonyl (C=O) groups excluding carboxylic acids is 1. The van der Waals surface area contributed by atoms with Crippen LogP contribution < -0.4 is 0 Å². The number of rotatable bonds is 4. The van der Waals surface area contributed by atoms with Crippen LogP contribution in [-0.4, -0.2) is 22.1 Å². The maximum Gasteiger partial charge on any atom is 0.311 e. The molecule has 24 heavy (non-hydrogen) atoms. The molecule has 7 heteroatoms. The van der Waals surface area contributed by atoms with Gasteiger partial charge in [-0.15, -0.1) is 0 Å². The number of esters is 1. The summed E-state index contributed by atoms with van der Waals surface area (Å²) in [6.45, 7) is 2.73. The molecule has 1 saturated carbocycles. The van der Waals surface area contributed by atoms with E-state index in [2.05, 4.69) is 4.98 Å². The summed E-state index contributed by atoms with van der Waals surface area (Å²) >= 11 is 11.4. The number of fused-ring (bicyclic) bond motifs is 3. The Morgan fingerprint density at radius 2 is 2.38 bits per heavy atom. The molecule has 2 aromatic rings. The average Bonchev–Trinajstić information content (AvgIpc) is 3.02. The maximum absolute atomic E-state index is 14.4. The van der Waals surface area contributed by atoms with Gasteiger partial charge in [0.05, 0.1) is 13.0 Å². The van der Waals surface area contributed by atoms with Gasteiger partial charge in [-0.25, -0.2) is 4.39 Å². The number of carbonyl (C=O) groups is 1. The number of hydrogen-bond acceptors (Lipinski definition) is 3. The third kappa shape index (κ3) is 2.24. The van der Waals surface area contributed by atoms with Crippen molar-refractivity contribution in [3.8, 4) is 0 Å². The summed E-state index contributed by atoms with van der Waals surface area (Å²) in [7, 11) is 0. The van der Waals surface area contributed by atoms with Crippen molar-refractivity contribution in [1.82, 2.24) is 9.55 Å². The van der Waals surface area contributed by atoms with Crippen molar-refractivity contribution >= 4 is 29.8 Å². The van der Waals surface area contributed by atoms with Crippen molar-refractivity contribution < 1.29 is 13.9 Å². The number of nitrogens with one attached hydrogen (secondary N) is 1. The third-order valence-electron chi connectivity index (χ3n) is 5.04. The molecular formula is C17H16ClFN2O2S. The monoisotopic (exact) mass is 366 g/mol. The Kier molecular flexibility index (Phi) is 3.58. The van der Waals surface area contributed by atoms with E-state index in [4.69, 9.17) is 28.6 Å². The first-order valence-electron chi connectivity index (χ1n) is 7.89. The van der Waals surface area contributed by atoms with Crippen molar-refractivity contribution in [3.05, 3.63) is 50.8 Å². The fourth-order valence-corrected chi connectivity index (χ4v) is 4.42. The molecule has 0 amide bonds. The van der Waals surface area contributed by atoms with Crippen LogP contribution in [0.25, 0.3) is 0 Å².